The fourth-order valence-corrected chi connectivity index (χ4v) is 4.24. The van der Waals surface area contributed by atoms with Crippen LogP contribution in [0, 0.1) is 5.92 Å². The minimum atomic E-state index is -3.57. The van der Waals surface area contributed by atoms with E-state index in [1.165, 1.54) is 23.2 Å². The molecule has 1 aromatic carbocycles. The van der Waals surface area contributed by atoms with Crippen molar-refractivity contribution in [2.24, 2.45) is 5.92 Å². The minimum absolute atomic E-state index is 0.179. The summed E-state index contributed by atoms with van der Waals surface area (Å²) >= 11 is 0. The highest BCUT2D eigenvalue weighted by Gasteiger charge is 2.23. The average Bonchev–Trinajstić information content (AvgIpc) is 3.41. The summed E-state index contributed by atoms with van der Waals surface area (Å²) in [4.78, 5) is 12.4. The van der Waals surface area contributed by atoms with Crippen LogP contribution in [0.2, 0.25) is 0 Å². The normalized spacial score (nSPS) is 14.5. The van der Waals surface area contributed by atoms with Crippen molar-refractivity contribution in [1.82, 2.24) is 9.62 Å². The zero-order chi connectivity index (χ0) is 19.2. The number of hydrogen-bond donors (Lipinski definition) is 3. The van der Waals surface area contributed by atoms with Gasteiger partial charge < -0.3 is 16.0 Å². The maximum Gasteiger partial charge on any atom is 0.243 e. The number of nitrogens with one attached hydrogen (secondary N) is 3. The van der Waals surface area contributed by atoms with Gasteiger partial charge >= 0.3 is 0 Å². The van der Waals surface area contributed by atoms with Crippen molar-refractivity contribution in [3.63, 3.8) is 0 Å². The molecule has 7 nitrogen and oxygen atoms in total. The monoisotopic (exact) mass is 382 g/mol. The van der Waals surface area contributed by atoms with Gasteiger partial charge in [-0.25, -0.2) is 8.42 Å². The summed E-state index contributed by atoms with van der Waals surface area (Å²) < 4.78 is 26.9. The summed E-state index contributed by atoms with van der Waals surface area (Å²) in [6, 6.07) is 4.81. The Hall–Kier alpha value is -1.64. The highest BCUT2D eigenvalue weighted by molar-refractivity contribution is 7.89. The predicted octanol–water partition coefficient (Wildman–Crippen LogP) is 2.09. The molecular weight excluding hydrogens is 352 g/mol. The number of amides is 1. The molecule has 2 rings (SSSR count). The van der Waals surface area contributed by atoms with Gasteiger partial charge in [-0.2, -0.15) is 4.31 Å². The van der Waals surface area contributed by atoms with Crippen molar-refractivity contribution in [3.05, 3.63) is 18.2 Å². The molecular formula is C18H30N4O3S. The summed E-state index contributed by atoms with van der Waals surface area (Å²) in [7, 11) is -3.57. The maximum atomic E-state index is 12.7. The van der Waals surface area contributed by atoms with Crippen LogP contribution in [0.4, 0.5) is 11.4 Å². The van der Waals surface area contributed by atoms with E-state index in [1.54, 1.807) is 12.1 Å². The topological polar surface area (TPSA) is 90.5 Å². The van der Waals surface area contributed by atoms with E-state index in [9.17, 15) is 13.2 Å². The molecule has 1 aromatic rings. The van der Waals surface area contributed by atoms with Crippen molar-refractivity contribution < 1.29 is 13.2 Å². The molecule has 146 valence electrons. The molecule has 0 bridgehead atoms. The van der Waals surface area contributed by atoms with E-state index >= 15 is 0 Å². The first kappa shape index (κ1) is 20.7. The number of carbonyl (C=O) groups excluding carboxylic acids is 1. The Labute approximate surface area is 156 Å². The molecule has 26 heavy (non-hydrogen) atoms. The Morgan fingerprint density at radius 1 is 1.15 bits per heavy atom. The summed E-state index contributed by atoms with van der Waals surface area (Å²) in [5.41, 5.74) is 1.19. The Morgan fingerprint density at radius 2 is 1.85 bits per heavy atom. The van der Waals surface area contributed by atoms with Crippen molar-refractivity contribution in [3.8, 4) is 0 Å². The van der Waals surface area contributed by atoms with Gasteiger partial charge in [0.1, 0.15) is 0 Å². The minimum Gasteiger partial charge on any atom is -0.384 e. The van der Waals surface area contributed by atoms with Gasteiger partial charge in [-0.1, -0.05) is 13.8 Å². The van der Waals surface area contributed by atoms with Crippen LogP contribution in [0.15, 0.2) is 23.1 Å². The molecule has 0 saturated heterocycles. The predicted molar refractivity (Wildman–Crippen MR) is 105 cm³/mol. The lowest BCUT2D eigenvalue weighted by molar-refractivity contribution is -0.115. The van der Waals surface area contributed by atoms with Crippen LogP contribution < -0.4 is 16.0 Å². The van der Waals surface area contributed by atoms with Crippen LogP contribution in [0.1, 0.15) is 33.6 Å². The molecule has 0 unspecified atom stereocenters. The molecule has 1 amide bonds. The first-order chi connectivity index (χ1) is 12.4. The van der Waals surface area contributed by atoms with Gasteiger partial charge in [0.05, 0.1) is 22.8 Å². The number of benzene rings is 1. The van der Waals surface area contributed by atoms with Gasteiger partial charge in [-0.15, -0.1) is 0 Å². The Bertz CT molecular complexity index is 713. The molecule has 1 aliphatic carbocycles. The van der Waals surface area contributed by atoms with Gasteiger partial charge in [0.2, 0.25) is 15.9 Å². The maximum absolute atomic E-state index is 12.7. The molecule has 1 aliphatic rings. The summed E-state index contributed by atoms with van der Waals surface area (Å²) in [5, 5.41) is 9.13. The fourth-order valence-electron chi connectivity index (χ4n) is 2.75. The van der Waals surface area contributed by atoms with Crippen molar-refractivity contribution in [2.45, 2.75) is 38.5 Å². The van der Waals surface area contributed by atoms with E-state index in [0.717, 1.165) is 6.54 Å². The van der Waals surface area contributed by atoms with Gasteiger partial charge in [0, 0.05) is 19.6 Å². The molecule has 8 heteroatoms. The van der Waals surface area contributed by atoms with E-state index < -0.39 is 10.0 Å². The number of nitrogens with zero attached hydrogens (tertiary/aromatic N) is 1. The Kier molecular flexibility index (Phi) is 7.43. The molecule has 3 N–H and O–H groups in total. The third kappa shape index (κ3) is 5.43. The van der Waals surface area contributed by atoms with Gasteiger partial charge in [-0.05, 0) is 50.4 Å². The molecule has 0 heterocycles. The third-order valence-electron chi connectivity index (χ3n) is 4.39. The second-order valence-electron chi connectivity index (χ2n) is 6.45. The first-order valence-electron chi connectivity index (χ1n) is 9.30. The van der Waals surface area contributed by atoms with Crippen LogP contribution >= 0.6 is 0 Å². The van der Waals surface area contributed by atoms with Gasteiger partial charge in [0.25, 0.3) is 0 Å². The molecule has 0 spiro atoms. The molecule has 1 fully saturated rings. The highest BCUT2D eigenvalue weighted by atomic mass is 32.2. The number of anilines is 2. The largest absolute Gasteiger partial charge is 0.384 e. The third-order valence-corrected chi connectivity index (χ3v) is 6.44. The lowest BCUT2D eigenvalue weighted by Gasteiger charge is -2.20. The zero-order valence-corrected chi connectivity index (χ0v) is 16.7. The SMILES string of the molecule is CCNc1ccc(S(=O)(=O)N(CC)CC)cc1NC(=O)CNCC1CC1. The number of sulfonamides is 1. The number of carbonyl (C=O) groups is 1. The lowest BCUT2D eigenvalue weighted by Crippen LogP contribution is -2.31. The van der Waals surface area contributed by atoms with Crippen LogP contribution in [-0.2, 0) is 14.8 Å². The first-order valence-corrected chi connectivity index (χ1v) is 10.7. The van der Waals surface area contributed by atoms with E-state index in [-0.39, 0.29) is 17.3 Å². The van der Waals surface area contributed by atoms with Gasteiger partial charge in [-0.3, -0.25) is 4.79 Å². The lowest BCUT2D eigenvalue weighted by atomic mass is 10.2. The second kappa shape index (κ2) is 9.34. The average molecular weight is 383 g/mol. The van der Waals surface area contributed by atoms with Crippen molar-refractivity contribution in [1.29, 1.82) is 0 Å². The smallest absolute Gasteiger partial charge is 0.243 e. The van der Waals surface area contributed by atoms with Crippen LogP contribution in [0.25, 0.3) is 0 Å². The standard InChI is InChI=1S/C18H30N4O3S/c1-4-20-16-10-9-15(26(24,25)22(5-2)6-3)11-17(16)21-18(23)13-19-12-14-7-8-14/h9-11,14,19-20H,4-8,12-13H2,1-3H3,(H,21,23). The van der Waals surface area contributed by atoms with E-state index in [4.69, 9.17) is 0 Å². The summed E-state index contributed by atoms with van der Waals surface area (Å²) in [6.45, 7) is 8.11. The van der Waals surface area contributed by atoms with Crippen LogP contribution in [0.3, 0.4) is 0 Å². The van der Waals surface area contributed by atoms with E-state index in [0.29, 0.717) is 36.9 Å². The Balaban J connectivity index is 2.17. The Morgan fingerprint density at radius 3 is 2.42 bits per heavy atom. The van der Waals surface area contributed by atoms with E-state index in [2.05, 4.69) is 16.0 Å². The second-order valence-corrected chi connectivity index (χ2v) is 8.39. The van der Waals surface area contributed by atoms with Gasteiger partial charge in [0.15, 0.2) is 0 Å². The molecule has 1 saturated carbocycles. The van der Waals surface area contributed by atoms with Crippen LogP contribution in [0.5, 0.6) is 0 Å². The van der Waals surface area contributed by atoms with Crippen molar-refractivity contribution in [2.75, 3.05) is 43.4 Å². The number of hydrogen-bond acceptors (Lipinski definition) is 5. The summed E-state index contributed by atoms with van der Waals surface area (Å²) in [6.07, 6.45) is 2.45. The molecule has 0 atom stereocenters. The fraction of sp³-hybridized carbons (Fsp3) is 0.611. The van der Waals surface area contributed by atoms with Crippen LogP contribution in [-0.4, -0.2) is 51.4 Å². The molecule has 0 aliphatic heterocycles. The quantitative estimate of drug-likeness (QED) is 0.545. The van der Waals surface area contributed by atoms with E-state index in [1.807, 2.05) is 20.8 Å². The molecule has 0 radical (unpaired) electrons. The molecule has 0 aromatic heterocycles. The number of rotatable bonds is 11. The summed E-state index contributed by atoms with van der Waals surface area (Å²) in [5.74, 6) is 0.518. The van der Waals surface area contributed by atoms with Crippen molar-refractivity contribution >= 4 is 27.3 Å². The zero-order valence-electron chi connectivity index (χ0n) is 15.8. The highest BCUT2D eigenvalue weighted by Crippen LogP contribution is 2.28.